The first-order valence-electron chi connectivity index (χ1n) is 7.35. The van der Waals surface area contributed by atoms with Crippen LogP contribution in [0.2, 0.25) is 0 Å². The molecular formula is C17H27NO. The fourth-order valence-electron chi connectivity index (χ4n) is 3.00. The Labute approximate surface area is 117 Å². The maximum absolute atomic E-state index is 6.13. The van der Waals surface area contributed by atoms with Gasteiger partial charge in [-0.1, -0.05) is 38.5 Å². The molecule has 1 aliphatic rings. The Kier molecular flexibility index (Phi) is 4.19. The van der Waals surface area contributed by atoms with Gasteiger partial charge in [0.1, 0.15) is 11.9 Å². The smallest absolute Gasteiger partial charge is 0.123 e. The van der Waals surface area contributed by atoms with Crippen molar-refractivity contribution in [1.29, 1.82) is 0 Å². The highest BCUT2D eigenvalue weighted by molar-refractivity contribution is 5.40. The van der Waals surface area contributed by atoms with Crippen LogP contribution in [0.1, 0.15) is 38.3 Å². The van der Waals surface area contributed by atoms with Gasteiger partial charge in [0.25, 0.3) is 0 Å². The lowest BCUT2D eigenvalue weighted by Gasteiger charge is -2.35. The molecule has 1 aromatic rings. The van der Waals surface area contributed by atoms with E-state index in [2.05, 4.69) is 51.2 Å². The molecule has 0 saturated heterocycles. The van der Waals surface area contributed by atoms with Crippen molar-refractivity contribution in [2.24, 2.45) is 11.3 Å². The number of hydrogen-bond donors (Lipinski definition) is 1. The molecule has 0 fully saturated rings. The van der Waals surface area contributed by atoms with E-state index in [4.69, 9.17) is 4.74 Å². The molecule has 2 heteroatoms. The highest BCUT2D eigenvalue weighted by Gasteiger charge is 2.34. The van der Waals surface area contributed by atoms with Crippen molar-refractivity contribution in [3.63, 3.8) is 0 Å². The summed E-state index contributed by atoms with van der Waals surface area (Å²) in [6.07, 6.45) is 2.50. The number of rotatable bonds is 5. The Hall–Kier alpha value is -1.02. The Bertz CT molecular complexity index is 441. The van der Waals surface area contributed by atoms with E-state index in [9.17, 15) is 0 Å². The average molecular weight is 261 g/mol. The number of nitrogens with one attached hydrogen (secondary N) is 1. The van der Waals surface area contributed by atoms with Crippen LogP contribution in [-0.4, -0.2) is 19.7 Å². The van der Waals surface area contributed by atoms with Crippen LogP contribution in [0, 0.1) is 18.3 Å². The Morgan fingerprint density at radius 3 is 2.79 bits per heavy atom. The van der Waals surface area contributed by atoms with Crippen LogP contribution in [0.15, 0.2) is 18.2 Å². The van der Waals surface area contributed by atoms with Gasteiger partial charge in [0.05, 0.1) is 0 Å². The van der Waals surface area contributed by atoms with Crippen molar-refractivity contribution in [3.05, 3.63) is 29.3 Å². The van der Waals surface area contributed by atoms with Crippen molar-refractivity contribution in [2.75, 3.05) is 13.6 Å². The third-order valence-corrected chi connectivity index (χ3v) is 4.63. The minimum atomic E-state index is 0.288. The number of hydrogen-bond acceptors (Lipinski definition) is 2. The van der Waals surface area contributed by atoms with Gasteiger partial charge in [-0.05, 0) is 43.4 Å². The van der Waals surface area contributed by atoms with E-state index in [-0.39, 0.29) is 5.41 Å². The van der Waals surface area contributed by atoms with Crippen molar-refractivity contribution in [2.45, 2.75) is 46.6 Å². The Morgan fingerprint density at radius 2 is 2.16 bits per heavy atom. The molecule has 1 aromatic carbocycles. The molecule has 1 heterocycles. The summed E-state index contributed by atoms with van der Waals surface area (Å²) >= 11 is 0. The largest absolute Gasteiger partial charge is 0.490 e. The van der Waals surface area contributed by atoms with E-state index in [0.29, 0.717) is 12.0 Å². The maximum Gasteiger partial charge on any atom is 0.123 e. The summed E-state index contributed by atoms with van der Waals surface area (Å²) < 4.78 is 6.13. The molecular weight excluding hydrogens is 234 g/mol. The molecule has 0 amide bonds. The predicted octanol–water partition coefficient (Wildman–Crippen LogP) is 3.57. The highest BCUT2D eigenvalue weighted by atomic mass is 16.5. The van der Waals surface area contributed by atoms with Crippen molar-refractivity contribution < 1.29 is 4.74 Å². The summed E-state index contributed by atoms with van der Waals surface area (Å²) in [6, 6.07) is 6.52. The quantitative estimate of drug-likeness (QED) is 0.875. The highest BCUT2D eigenvalue weighted by Crippen LogP contribution is 2.38. The molecule has 0 radical (unpaired) electrons. The molecule has 0 aromatic heterocycles. The van der Waals surface area contributed by atoms with Gasteiger partial charge in [0, 0.05) is 13.0 Å². The van der Waals surface area contributed by atoms with Crippen LogP contribution in [0.4, 0.5) is 0 Å². The minimum Gasteiger partial charge on any atom is -0.490 e. The predicted molar refractivity (Wildman–Crippen MR) is 80.8 cm³/mol. The first-order chi connectivity index (χ1) is 8.94. The lowest BCUT2D eigenvalue weighted by atomic mass is 9.74. The fourth-order valence-corrected chi connectivity index (χ4v) is 3.00. The monoisotopic (exact) mass is 261 g/mol. The van der Waals surface area contributed by atoms with Gasteiger partial charge < -0.3 is 10.1 Å². The molecule has 0 aliphatic carbocycles. The van der Waals surface area contributed by atoms with Crippen LogP contribution in [0.5, 0.6) is 5.75 Å². The zero-order valence-corrected chi connectivity index (χ0v) is 12.9. The number of ether oxygens (including phenoxy) is 1. The topological polar surface area (TPSA) is 21.3 Å². The first kappa shape index (κ1) is 14.4. The maximum atomic E-state index is 6.13. The number of fused-ring (bicyclic) bond motifs is 1. The van der Waals surface area contributed by atoms with Gasteiger partial charge in [0.15, 0.2) is 0 Å². The van der Waals surface area contributed by atoms with Crippen LogP contribution in [-0.2, 0) is 6.42 Å². The first-order valence-corrected chi connectivity index (χ1v) is 7.35. The van der Waals surface area contributed by atoms with E-state index in [1.165, 1.54) is 11.1 Å². The van der Waals surface area contributed by atoms with E-state index >= 15 is 0 Å². The second-order valence-electron chi connectivity index (χ2n) is 6.60. The van der Waals surface area contributed by atoms with Gasteiger partial charge in [-0.15, -0.1) is 0 Å². The van der Waals surface area contributed by atoms with Gasteiger partial charge in [-0.25, -0.2) is 0 Å². The van der Waals surface area contributed by atoms with Crippen molar-refractivity contribution in [1.82, 2.24) is 5.32 Å². The summed E-state index contributed by atoms with van der Waals surface area (Å²) in [7, 11) is 2.04. The third kappa shape index (κ3) is 3.11. The molecule has 0 saturated carbocycles. The summed E-state index contributed by atoms with van der Waals surface area (Å²) in [5, 5.41) is 3.34. The van der Waals surface area contributed by atoms with Crippen molar-refractivity contribution in [3.8, 4) is 5.75 Å². The molecule has 19 heavy (non-hydrogen) atoms. The second kappa shape index (κ2) is 5.54. The average Bonchev–Trinajstić information content (AvgIpc) is 2.70. The summed E-state index contributed by atoms with van der Waals surface area (Å²) in [6.45, 7) is 10.2. The molecule has 0 bridgehead atoms. The van der Waals surface area contributed by atoms with E-state index in [1.54, 1.807) is 0 Å². The molecule has 1 aliphatic heterocycles. The molecule has 2 atom stereocenters. The van der Waals surface area contributed by atoms with Gasteiger partial charge in [-0.2, -0.15) is 0 Å². The second-order valence-corrected chi connectivity index (χ2v) is 6.60. The Morgan fingerprint density at radius 1 is 1.42 bits per heavy atom. The van der Waals surface area contributed by atoms with E-state index < -0.39 is 0 Å². The summed E-state index contributed by atoms with van der Waals surface area (Å²) in [5.41, 5.74) is 2.99. The molecule has 2 unspecified atom stereocenters. The standard InChI is InChI=1S/C17H27NO/c1-12(2)17(4,11-18-5)10-15-9-14-8-13(3)6-7-16(14)19-15/h6-8,12,15,18H,9-11H2,1-5H3. The van der Waals surface area contributed by atoms with Gasteiger partial charge in [-0.3, -0.25) is 0 Å². The van der Waals surface area contributed by atoms with Crippen LogP contribution in [0.3, 0.4) is 0 Å². The van der Waals surface area contributed by atoms with E-state index in [0.717, 1.165) is 25.1 Å². The summed E-state index contributed by atoms with van der Waals surface area (Å²) in [4.78, 5) is 0. The number of aryl methyl sites for hydroxylation is 1. The van der Waals surface area contributed by atoms with E-state index in [1.807, 2.05) is 7.05 Å². The van der Waals surface area contributed by atoms with Crippen LogP contribution < -0.4 is 10.1 Å². The molecule has 106 valence electrons. The van der Waals surface area contributed by atoms with Gasteiger partial charge in [0.2, 0.25) is 0 Å². The fraction of sp³-hybridized carbons (Fsp3) is 0.647. The van der Waals surface area contributed by atoms with Crippen molar-refractivity contribution >= 4 is 0 Å². The molecule has 2 rings (SSSR count). The Balaban J connectivity index is 2.06. The third-order valence-electron chi connectivity index (χ3n) is 4.63. The molecule has 1 N–H and O–H groups in total. The SMILES string of the molecule is CNCC(C)(CC1Cc2cc(C)ccc2O1)C(C)C. The van der Waals surface area contributed by atoms with Gasteiger partial charge >= 0.3 is 0 Å². The number of benzene rings is 1. The zero-order chi connectivity index (χ0) is 14.0. The van der Waals surface area contributed by atoms with Crippen LogP contribution in [0.25, 0.3) is 0 Å². The van der Waals surface area contributed by atoms with Crippen LogP contribution >= 0.6 is 0 Å². The summed E-state index contributed by atoms with van der Waals surface area (Å²) in [5.74, 6) is 1.74. The lowest BCUT2D eigenvalue weighted by molar-refractivity contribution is 0.108. The molecule has 2 nitrogen and oxygen atoms in total. The molecule has 0 spiro atoms. The zero-order valence-electron chi connectivity index (χ0n) is 12.9. The minimum absolute atomic E-state index is 0.288. The normalized spacial score (nSPS) is 21.1. The lowest BCUT2D eigenvalue weighted by Crippen LogP contribution is -2.38.